The Hall–Kier alpha value is 3.46. The van der Waals surface area contributed by atoms with Gasteiger partial charge in [0.15, 0.2) is 2.14 Å². The number of rotatable bonds is 9. The molecule has 0 aliphatic carbocycles. The van der Waals surface area contributed by atoms with Gasteiger partial charge in [-0.3, -0.25) is 0 Å². The molecule has 0 aromatic carbocycles. The molecule has 0 fully saturated rings. The quantitative estimate of drug-likeness (QED) is 0.166. The Morgan fingerprint density at radius 2 is 1.30 bits per heavy atom. The molecule has 8 heteroatoms. The van der Waals surface area contributed by atoms with E-state index in [0.29, 0.717) is 0 Å². The van der Waals surface area contributed by atoms with Gasteiger partial charge in [0.25, 0.3) is 0 Å². The molecule has 0 saturated carbocycles. The first-order valence-electron chi connectivity index (χ1n) is 6.45. The SMILES string of the molecule is CCCCCCCCC(Cl)C(Cl)(Br)C(Br)(Br)C(Br)(Br)Br. The predicted octanol–water partition coefficient (Wildman–Crippen LogP) is 9.00. The van der Waals surface area contributed by atoms with Crippen LogP contribution in [0.2, 0.25) is 0 Å². The highest BCUT2D eigenvalue weighted by Crippen LogP contribution is 2.63. The van der Waals surface area contributed by atoms with Crippen molar-refractivity contribution in [3.63, 3.8) is 0 Å². The fourth-order valence-electron chi connectivity index (χ4n) is 1.67. The van der Waals surface area contributed by atoms with Gasteiger partial charge >= 0.3 is 0 Å². The first kappa shape index (κ1) is 23.5. The number of unbranched alkanes of at least 4 members (excludes halogenated alkanes) is 5. The summed E-state index contributed by atoms with van der Waals surface area (Å²) in [5, 5.41) is -0.235. The molecule has 0 saturated heterocycles. The molecular formula is C12H18Br6Cl2. The van der Waals surface area contributed by atoms with E-state index in [1.165, 1.54) is 32.1 Å². The third-order valence-electron chi connectivity index (χ3n) is 2.98. The summed E-state index contributed by atoms with van der Waals surface area (Å²) in [6.45, 7) is 2.22. The first-order valence-corrected chi connectivity index (χ1v) is 12.0. The molecule has 2 atom stereocenters. The molecule has 0 radical (unpaired) electrons. The maximum Gasteiger partial charge on any atom is 0.162 e. The molecule has 0 aliphatic rings. The zero-order chi connectivity index (χ0) is 16.0. The summed E-state index contributed by atoms with van der Waals surface area (Å²) in [5.74, 6) is 0. The van der Waals surface area contributed by atoms with Gasteiger partial charge in [0.2, 0.25) is 0 Å². The summed E-state index contributed by atoms with van der Waals surface area (Å²) in [7, 11) is 0. The predicted molar refractivity (Wildman–Crippen MR) is 115 cm³/mol. The molecule has 20 heavy (non-hydrogen) atoms. The summed E-state index contributed by atoms with van der Waals surface area (Å²) in [6, 6.07) is 0. The highest BCUT2D eigenvalue weighted by Gasteiger charge is 2.59. The van der Waals surface area contributed by atoms with Crippen LogP contribution < -0.4 is 0 Å². The Morgan fingerprint density at radius 1 is 0.850 bits per heavy atom. The monoisotopic (exact) mass is 706 g/mol. The van der Waals surface area contributed by atoms with Gasteiger partial charge in [0.05, 0.1) is 5.38 Å². The minimum absolute atomic E-state index is 0.235. The van der Waals surface area contributed by atoms with Crippen LogP contribution in [0.5, 0.6) is 0 Å². The standard InChI is InChI=1S/C12H18Br6Cl2/c1-2-3-4-5-6-7-8-9(19)10(13,20)11(14,15)12(16,17)18/h9H,2-8H2,1H3. The van der Waals surface area contributed by atoms with E-state index in [1.54, 1.807) is 0 Å². The van der Waals surface area contributed by atoms with Crippen LogP contribution in [0.4, 0.5) is 0 Å². The summed E-state index contributed by atoms with van der Waals surface area (Å²) in [5.41, 5.74) is 0. The Morgan fingerprint density at radius 3 is 1.75 bits per heavy atom. The Kier molecular flexibility index (Phi) is 12.3. The Balaban J connectivity index is 4.35. The van der Waals surface area contributed by atoms with Crippen molar-refractivity contribution >= 4 is 119 Å². The molecule has 0 aromatic rings. The zero-order valence-electron chi connectivity index (χ0n) is 11.1. The number of hydrogen-bond acceptors (Lipinski definition) is 0. The summed E-state index contributed by atoms with van der Waals surface area (Å²) < 4.78 is -2.24. The minimum atomic E-state index is -0.874. The molecule has 0 nitrogen and oxygen atoms in total. The Bertz CT molecular complexity index is 278. The lowest BCUT2D eigenvalue weighted by Gasteiger charge is -2.42. The maximum absolute atomic E-state index is 6.63. The van der Waals surface area contributed by atoms with E-state index < -0.39 is 9.16 Å². The summed E-state index contributed by atoms with van der Waals surface area (Å²) >= 11 is 34.3. The van der Waals surface area contributed by atoms with Crippen molar-refractivity contribution in [1.29, 1.82) is 0 Å². The van der Waals surface area contributed by atoms with E-state index >= 15 is 0 Å². The van der Waals surface area contributed by atoms with Crippen molar-refractivity contribution < 1.29 is 0 Å². The van der Waals surface area contributed by atoms with E-state index in [4.69, 9.17) is 23.2 Å². The van der Waals surface area contributed by atoms with E-state index in [0.717, 1.165) is 12.8 Å². The second-order valence-electron chi connectivity index (χ2n) is 4.72. The average molecular weight is 713 g/mol. The van der Waals surface area contributed by atoms with Crippen molar-refractivity contribution in [2.75, 3.05) is 0 Å². The summed E-state index contributed by atoms with van der Waals surface area (Å²) in [4.78, 5) is 0. The van der Waals surface area contributed by atoms with Gasteiger partial charge in [-0.05, 0) is 6.42 Å². The smallest absolute Gasteiger partial charge is 0.120 e. The van der Waals surface area contributed by atoms with Gasteiger partial charge in [-0.25, -0.2) is 0 Å². The molecule has 0 rings (SSSR count). The largest absolute Gasteiger partial charge is 0.162 e. The molecule has 2 unspecified atom stereocenters. The molecular weight excluding hydrogens is 694 g/mol. The van der Waals surface area contributed by atoms with Crippen LogP contribution in [-0.4, -0.2) is 14.5 Å². The fourth-order valence-corrected chi connectivity index (χ4v) is 5.66. The first-order chi connectivity index (χ1) is 8.98. The van der Waals surface area contributed by atoms with Crippen LogP contribution in [0.15, 0.2) is 0 Å². The van der Waals surface area contributed by atoms with Gasteiger partial charge in [0.1, 0.15) is 7.02 Å². The lowest BCUT2D eigenvalue weighted by molar-refractivity contribution is 0.558. The Labute approximate surface area is 183 Å². The van der Waals surface area contributed by atoms with Crippen molar-refractivity contribution in [1.82, 2.24) is 0 Å². The van der Waals surface area contributed by atoms with Crippen LogP contribution in [0.1, 0.15) is 51.9 Å². The van der Waals surface area contributed by atoms with Gasteiger partial charge in [-0.1, -0.05) is 141 Å². The van der Waals surface area contributed by atoms with Crippen LogP contribution in [0, 0.1) is 0 Å². The van der Waals surface area contributed by atoms with Crippen molar-refractivity contribution in [3.8, 4) is 0 Å². The third kappa shape index (κ3) is 7.14. The molecule has 122 valence electrons. The molecule has 0 aliphatic heterocycles. The van der Waals surface area contributed by atoms with Gasteiger partial charge < -0.3 is 0 Å². The lowest BCUT2D eigenvalue weighted by Crippen LogP contribution is -2.50. The van der Waals surface area contributed by atoms with Crippen molar-refractivity contribution in [2.24, 2.45) is 0 Å². The van der Waals surface area contributed by atoms with Crippen molar-refractivity contribution in [3.05, 3.63) is 0 Å². The highest BCUT2D eigenvalue weighted by molar-refractivity contribution is 9.41. The summed E-state index contributed by atoms with van der Waals surface area (Å²) in [6.07, 6.45) is 8.28. The molecule has 0 spiro atoms. The molecule has 0 heterocycles. The number of alkyl halides is 8. The maximum atomic E-state index is 6.63. The lowest BCUT2D eigenvalue weighted by atomic mass is 10.1. The van der Waals surface area contributed by atoms with E-state index in [-0.39, 0.29) is 5.38 Å². The topological polar surface area (TPSA) is 0 Å². The molecule has 0 N–H and O–H groups in total. The number of hydrogen-bond donors (Lipinski definition) is 0. The van der Waals surface area contributed by atoms with Crippen LogP contribution in [0.3, 0.4) is 0 Å². The zero-order valence-corrected chi connectivity index (χ0v) is 22.1. The number of halogens is 8. The van der Waals surface area contributed by atoms with E-state index in [2.05, 4.69) is 103 Å². The molecule has 0 bridgehead atoms. The fraction of sp³-hybridized carbons (Fsp3) is 1.00. The van der Waals surface area contributed by atoms with Crippen LogP contribution in [-0.2, 0) is 0 Å². The second-order valence-corrected chi connectivity index (χ2v) is 17.8. The second kappa shape index (κ2) is 10.5. The van der Waals surface area contributed by atoms with E-state index in [9.17, 15) is 0 Å². The van der Waals surface area contributed by atoms with Gasteiger partial charge in [-0.2, -0.15) is 0 Å². The average Bonchev–Trinajstić information content (AvgIpc) is 2.31. The minimum Gasteiger partial charge on any atom is -0.120 e. The molecule has 0 amide bonds. The van der Waals surface area contributed by atoms with Gasteiger partial charge in [0, 0.05) is 0 Å². The van der Waals surface area contributed by atoms with Gasteiger partial charge in [-0.15, -0.1) is 23.2 Å². The normalized spacial score (nSPS) is 17.9. The van der Waals surface area contributed by atoms with Crippen molar-refractivity contribution in [2.45, 2.75) is 66.4 Å². The highest BCUT2D eigenvalue weighted by atomic mass is 80.0. The molecule has 0 aromatic heterocycles. The van der Waals surface area contributed by atoms with Crippen LogP contribution in [0.25, 0.3) is 0 Å². The third-order valence-corrected chi connectivity index (χ3v) is 14.5. The van der Waals surface area contributed by atoms with E-state index in [1.807, 2.05) is 0 Å². The van der Waals surface area contributed by atoms with Crippen LogP contribution >= 0.6 is 119 Å².